The number of carbonyl (C=O) groups is 2. The first-order valence-corrected chi connectivity index (χ1v) is 7.94. The molecule has 0 bridgehead atoms. The van der Waals surface area contributed by atoms with Gasteiger partial charge in [0.1, 0.15) is 28.6 Å². The molecule has 0 aliphatic heterocycles. The molecule has 0 fully saturated rings. The number of rotatable bonds is 6. The first-order valence-electron chi connectivity index (χ1n) is 7.94. The van der Waals surface area contributed by atoms with E-state index in [1.807, 2.05) is 0 Å². The van der Waals surface area contributed by atoms with Gasteiger partial charge >= 0.3 is 11.7 Å². The molecule has 0 unspecified atom stereocenters. The molecule has 0 aliphatic carbocycles. The predicted octanol–water partition coefficient (Wildman–Crippen LogP) is 0.857. The average Bonchev–Trinajstić information content (AvgIpc) is 2.62. The van der Waals surface area contributed by atoms with Crippen LogP contribution in [0.2, 0.25) is 0 Å². The van der Waals surface area contributed by atoms with Crippen LogP contribution in [0, 0.1) is 11.6 Å². The van der Waals surface area contributed by atoms with Crippen LogP contribution in [-0.4, -0.2) is 27.5 Å². The second-order valence-corrected chi connectivity index (χ2v) is 5.65. The van der Waals surface area contributed by atoms with Crippen molar-refractivity contribution in [3.63, 3.8) is 0 Å². The minimum absolute atomic E-state index is 0.166. The second kappa shape index (κ2) is 7.94. The number of hydrogen-bond donors (Lipinski definition) is 1. The van der Waals surface area contributed by atoms with Gasteiger partial charge in [0.2, 0.25) is 5.78 Å². The van der Waals surface area contributed by atoms with E-state index in [9.17, 15) is 28.0 Å². The molecule has 8 nitrogen and oxygen atoms in total. The molecule has 1 heterocycles. The molecule has 2 N–H and O–H groups in total. The summed E-state index contributed by atoms with van der Waals surface area (Å²) in [6.45, 7) is 0.957. The van der Waals surface area contributed by atoms with Crippen LogP contribution in [0.4, 0.5) is 14.6 Å². The van der Waals surface area contributed by atoms with Crippen molar-refractivity contribution in [3.05, 3.63) is 61.8 Å². The summed E-state index contributed by atoms with van der Waals surface area (Å²) in [4.78, 5) is 48.5. The van der Waals surface area contributed by atoms with E-state index in [0.29, 0.717) is 11.0 Å². The Hall–Kier alpha value is -3.30. The standard InChI is InChI=1S/C17H17F2N3O5/c1-3-7-22-14(20)13(15(24)21(2)17(22)26)11(23)8-27-16(25)12-9(18)5-4-6-10(12)19/h4-6H,3,7-8,20H2,1-2H3. The summed E-state index contributed by atoms with van der Waals surface area (Å²) in [5, 5.41) is 0. The maximum absolute atomic E-state index is 13.6. The van der Waals surface area contributed by atoms with Crippen molar-refractivity contribution < 1.29 is 23.1 Å². The third kappa shape index (κ3) is 3.78. The van der Waals surface area contributed by atoms with Gasteiger partial charge in [0.25, 0.3) is 5.56 Å². The van der Waals surface area contributed by atoms with Crippen LogP contribution in [-0.2, 0) is 18.3 Å². The Labute approximate surface area is 151 Å². The highest BCUT2D eigenvalue weighted by Crippen LogP contribution is 2.14. The topological polar surface area (TPSA) is 113 Å². The predicted molar refractivity (Wildman–Crippen MR) is 91.6 cm³/mol. The van der Waals surface area contributed by atoms with Crippen molar-refractivity contribution in [1.29, 1.82) is 0 Å². The number of nitrogens with zero attached hydrogens (tertiary/aromatic N) is 2. The zero-order valence-electron chi connectivity index (χ0n) is 14.6. The minimum atomic E-state index is -1.41. The van der Waals surface area contributed by atoms with Crippen LogP contribution in [0.1, 0.15) is 34.1 Å². The lowest BCUT2D eigenvalue weighted by Gasteiger charge is -2.14. The zero-order valence-corrected chi connectivity index (χ0v) is 14.6. The van der Waals surface area contributed by atoms with Crippen molar-refractivity contribution in [2.45, 2.75) is 19.9 Å². The van der Waals surface area contributed by atoms with Crippen molar-refractivity contribution in [2.24, 2.45) is 7.05 Å². The Kier molecular flexibility index (Phi) is 5.88. The van der Waals surface area contributed by atoms with Crippen LogP contribution < -0.4 is 17.0 Å². The Morgan fingerprint density at radius 1 is 1.15 bits per heavy atom. The highest BCUT2D eigenvalue weighted by molar-refractivity contribution is 6.02. The minimum Gasteiger partial charge on any atom is -0.454 e. The molecule has 2 rings (SSSR count). The molecule has 1 aromatic heterocycles. The largest absolute Gasteiger partial charge is 0.454 e. The van der Waals surface area contributed by atoms with Crippen LogP contribution in [0.5, 0.6) is 0 Å². The molecule has 0 atom stereocenters. The van der Waals surface area contributed by atoms with Crippen molar-refractivity contribution >= 4 is 17.6 Å². The van der Waals surface area contributed by atoms with E-state index in [0.717, 1.165) is 22.8 Å². The monoisotopic (exact) mass is 381 g/mol. The van der Waals surface area contributed by atoms with Crippen molar-refractivity contribution in [1.82, 2.24) is 9.13 Å². The van der Waals surface area contributed by atoms with Crippen LogP contribution in [0.25, 0.3) is 0 Å². The van der Waals surface area contributed by atoms with Gasteiger partial charge in [-0.15, -0.1) is 0 Å². The molecular weight excluding hydrogens is 364 g/mol. The lowest BCUT2D eigenvalue weighted by atomic mass is 10.2. The summed E-state index contributed by atoms with van der Waals surface area (Å²) in [5.41, 5.74) is 2.63. The molecule has 144 valence electrons. The van der Waals surface area contributed by atoms with E-state index >= 15 is 0 Å². The highest BCUT2D eigenvalue weighted by Gasteiger charge is 2.24. The second-order valence-electron chi connectivity index (χ2n) is 5.65. The number of carbonyl (C=O) groups excluding carboxylic acids is 2. The summed E-state index contributed by atoms with van der Waals surface area (Å²) < 4.78 is 33.5. The number of Topliss-reactive ketones (excluding diaryl/α,β-unsaturated/α-hetero) is 1. The van der Waals surface area contributed by atoms with Crippen LogP contribution in [0.3, 0.4) is 0 Å². The quantitative estimate of drug-likeness (QED) is 0.586. The van der Waals surface area contributed by atoms with Gasteiger partial charge in [-0.05, 0) is 18.6 Å². The fourth-order valence-corrected chi connectivity index (χ4v) is 2.45. The van der Waals surface area contributed by atoms with Gasteiger partial charge in [-0.2, -0.15) is 0 Å². The Morgan fingerprint density at radius 3 is 2.30 bits per heavy atom. The number of aromatic nitrogens is 2. The Balaban J connectivity index is 2.33. The van der Waals surface area contributed by atoms with E-state index in [4.69, 9.17) is 5.73 Å². The number of nitrogen functional groups attached to an aromatic ring is 1. The summed E-state index contributed by atoms with van der Waals surface area (Å²) in [6, 6.07) is 2.78. The third-order valence-electron chi connectivity index (χ3n) is 3.81. The van der Waals surface area contributed by atoms with E-state index in [2.05, 4.69) is 4.74 Å². The van der Waals surface area contributed by atoms with Gasteiger partial charge < -0.3 is 10.5 Å². The lowest BCUT2D eigenvalue weighted by molar-refractivity contribution is 0.0464. The smallest absolute Gasteiger partial charge is 0.344 e. The highest BCUT2D eigenvalue weighted by atomic mass is 19.1. The van der Waals surface area contributed by atoms with Crippen LogP contribution in [0.15, 0.2) is 27.8 Å². The van der Waals surface area contributed by atoms with Gasteiger partial charge in [0.05, 0.1) is 0 Å². The SMILES string of the molecule is CCCn1c(N)c(C(=O)COC(=O)c2c(F)cccc2F)c(=O)n(C)c1=O. The summed E-state index contributed by atoms with van der Waals surface area (Å²) in [5.74, 6) is -5.07. The summed E-state index contributed by atoms with van der Waals surface area (Å²) in [7, 11) is 1.17. The third-order valence-corrected chi connectivity index (χ3v) is 3.81. The number of esters is 1. The molecule has 27 heavy (non-hydrogen) atoms. The molecule has 0 aliphatic rings. The maximum atomic E-state index is 13.6. The molecule has 0 saturated heterocycles. The number of ketones is 1. The molecule has 0 spiro atoms. The first-order chi connectivity index (χ1) is 12.7. The van der Waals surface area contributed by atoms with Crippen LogP contribution >= 0.6 is 0 Å². The van der Waals surface area contributed by atoms with Crippen molar-refractivity contribution in [3.8, 4) is 0 Å². The molecule has 0 amide bonds. The molecular formula is C17H17F2N3O5. The van der Waals surface area contributed by atoms with Gasteiger partial charge in [-0.3, -0.25) is 18.7 Å². The van der Waals surface area contributed by atoms with Gasteiger partial charge in [-0.25, -0.2) is 18.4 Å². The number of anilines is 1. The number of benzene rings is 1. The van der Waals surface area contributed by atoms with Gasteiger partial charge in [-0.1, -0.05) is 13.0 Å². The van der Waals surface area contributed by atoms with Gasteiger partial charge in [0.15, 0.2) is 6.61 Å². The van der Waals surface area contributed by atoms with Crippen molar-refractivity contribution in [2.75, 3.05) is 12.3 Å². The fraction of sp³-hybridized carbons (Fsp3) is 0.294. The number of halogens is 2. The Morgan fingerprint density at radius 2 is 1.74 bits per heavy atom. The van der Waals surface area contributed by atoms with E-state index in [-0.39, 0.29) is 12.4 Å². The summed E-state index contributed by atoms with van der Waals surface area (Å²) >= 11 is 0. The molecule has 2 aromatic rings. The van der Waals surface area contributed by atoms with E-state index in [1.165, 1.54) is 7.05 Å². The van der Waals surface area contributed by atoms with E-state index < -0.39 is 52.4 Å². The number of ether oxygens (including phenoxy) is 1. The molecule has 0 radical (unpaired) electrons. The normalized spacial score (nSPS) is 10.7. The maximum Gasteiger partial charge on any atom is 0.344 e. The fourth-order valence-electron chi connectivity index (χ4n) is 2.45. The Bertz CT molecular complexity index is 1010. The summed E-state index contributed by atoms with van der Waals surface area (Å²) in [6.07, 6.45) is 0.511. The molecule has 0 saturated carbocycles. The zero-order chi connectivity index (χ0) is 20.3. The number of hydrogen-bond acceptors (Lipinski definition) is 6. The van der Waals surface area contributed by atoms with Gasteiger partial charge in [0, 0.05) is 13.6 Å². The number of nitrogens with two attached hydrogens (primary N) is 1. The molecule has 10 heteroatoms. The lowest BCUT2D eigenvalue weighted by Crippen LogP contribution is -2.43. The van der Waals surface area contributed by atoms with E-state index in [1.54, 1.807) is 6.92 Å². The first kappa shape index (κ1) is 20.0. The molecule has 1 aromatic carbocycles. The average molecular weight is 381 g/mol.